The first kappa shape index (κ1) is 27.8. The van der Waals surface area contributed by atoms with Crippen LogP contribution in [0, 0.1) is 5.82 Å². The Balaban J connectivity index is 1.75. The fraction of sp³-hybridized carbons (Fsp3) is 0.206. The van der Waals surface area contributed by atoms with Crippen LogP contribution >= 0.6 is 11.6 Å². The Morgan fingerprint density at radius 2 is 1.65 bits per heavy atom. The maximum atomic E-state index is 14.3. The van der Waals surface area contributed by atoms with Crippen LogP contribution in [-0.2, 0) is 5.60 Å². The number of hydrogen-bond acceptors (Lipinski definition) is 4. The van der Waals surface area contributed by atoms with Gasteiger partial charge in [0, 0.05) is 23.6 Å². The van der Waals surface area contributed by atoms with Crippen LogP contribution in [-0.4, -0.2) is 42.7 Å². The van der Waals surface area contributed by atoms with E-state index in [1.54, 1.807) is 13.2 Å². The minimum atomic E-state index is -1.32. The molecule has 204 valence electrons. The van der Waals surface area contributed by atoms with E-state index in [2.05, 4.69) is 23.1 Å². The topological polar surface area (TPSA) is 45.6 Å². The van der Waals surface area contributed by atoms with Gasteiger partial charge in [-0.1, -0.05) is 96.5 Å². The summed E-state index contributed by atoms with van der Waals surface area (Å²) in [6.07, 6.45) is 0.459. The van der Waals surface area contributed by atoms with E-state index in [-0.39, 0.29) is 5.02 Å². The van der Waals surface area contributed by atoms with E-state index >= 15 is 0 Å². The summed E-state index contributed by atoms with van der Waals surface area (Å²) in [6, 6.07) is 32.5. The number of pyridine rings is 1. The lowest BCUT2D eigenvalue weighted by atomic mass is 9.70. The van der Waals surface area contributed by atoms with Crippen molar-refractivity contribution in [1.29, 1.82) is 0 Å². The molecule has 0 aliphatic carbocycles. The first-order chi connectivity index (χ1) is 19.3. The molecule has 0 aliphatic rings. The molecule has 0 unspecified atom stereocenters. The third-order valence-electron chi connectivity index (χ3n) is 7.42. The van der Waals surface area contributed by atoms with Gasteiger partial charge >= 0.3 is 0 Å². The van der Waals surface area contributed by atoms with Crippen molar-refractivity contribution in [2.75, 3.05) is 27.7 Å². The first-order valence-corrected chi connectivity index (χ1v) is 13.6. The highest BCUT2D eigenvalue weighted by Gasteiger charge is 2.43. The number of benzene rings is 4. The van der Waals surface area contributed by atoms with Crippen molar-refractivity contribution in [2.24, 2.45) is 0 Å². The predicted molar refractivity (Wildman–Crippen MR) is 160 cm³/mol. The van der Waals surface area contributed by atoms with Crippen LogP contribution in [0.25, 0.3) is 22.0 Å². The lowest BCUT2D eigenvalue weighted by Crippen LogP contribution is -2.38. The van der Waals surface area contributed by atoms with Crippen LogP contribution in [0.5, 0.6) is 5.88 Å². The monoisotopic (exact) mass is 554 g/mol. The molecule has 5 rings (SSSR count). The Labute approximate surface area is 239 Å². The molecule has 1 heterocycles. The highest BCUT2D eigenvalue weighted by molar-refractivity contribution is 6.30. The number of fused-ring (bicyclic) bond motifs is 1. The van der Waals surface area contributed by atoms with Gasteiger partial charge in [0.25, 0.3) is 0 Å². The average molecular weight is 555 g/mol. The highest BCUT2D eigenvalue weighted by atomic mass is 35.5. The maximum absolute atomic E-state index is 14.3. The van der Waals surface area contributed by atoms with Gasteiger partial charge in [0.2, 0.25) is 5.88 Å². The van der Waals surface area contributed by atoms with E-state index in [4.69, 9.17) is 21.3 Å². The van der Waals surface area contributed by atoms with Gasteiger partial charge in [-0.25, -0.2) is 9.37 Å². The first-order valence-electron chi connectivity index (χ1n) is 13.2. The van der Waals surface area contributed by atoms with Crippen molar-refractivity contribution in [2.45, 2.75) is 17.9 Å². The number of ether oxygens (including phenoxy) is 1. The van der Waals surface area contributed by atoms with Crippen LogP contribution in [0.3, 0.4) is 0 Å². The molecule has 0 fully saturated rings. The minimum absolute atomic E-state index is 0.0533. The third-order valence-corrected chi connectivity index (χ3v) is 7.72. The van der Waals surface area contributed by atoms with Crippen molar-refractivity contribution in [3.8, 4) is 17.1 Å². The molecular formula is C34H32ClFN2O2. The van der Waals surface area contributed by atoms with Crippen molar-refractivity contribution >= 4 is 22.4 Å². The fourth-order valence-corrected chi connectivity index (χ4v) is 5.56. The summed E-state index contributed by atoms with van der Waals surface area (Å²) in [6.45, 7) is 0.654. The van der Waals surface area contributed by atoms with Crippen molar-refractivity contribution in [3.05, 3.63) is 131 Å². The summed E-state index contributed by atoms with van der Waals surface area (Å²) in [7, 11) is 5.57. The average Bonchev–Trinajstić information content (AvgIpc) is 2.98. The van der Waals surface area contributed by atoms with Gasteiger partial charge in [0.15, 0.2) is 0 Å². The standard InChI is InChI=1S/C34H32ClFN2O2/c1-38(2)21-20-34(39,28-15-9-13-23-10-7-8-14-26(23)28)32(24-11-5-4-6-12-24)27-17-19-31(37-33(27)40-3)25-16-18-29(35)30(36)22-25/h4-19,22,32,39H,20-21H2,1-3H3/t32-,34-/m1/s1. The number of rotatable bonds is 9. The van der Waals surface area contributed by atoms with Crippen LogP contribution < -0.4 is 4.74 Å². The predicted octanol–water partition coefficient (Wildman–Crippen LogP) is 7.67. The molecule has 4 nitrogen and oxygen atoms in total. The summed E-state index contributed by atoms with van der Waals surface area (Å²) >= 11 is 5.91. The van der Waals surface area contributed by atoms with Gasteiger partial charge in [-0.3, -0.25) is 0 Å². The van der Waals surface area contributed by atoms with Gasteiger partial charge in [0.1, 0.15) is 11.4 Å². The van der Waals surface area contributed by atoms with Gasteiger partial charge < -0.3 is 14.7 Å². The SMILES string of the molecule is COc1nc(-c2ccc(Cl)c(F)c2)ccc1[C@@H](c1ccccc1)[C@@](O)(CCN(C)C)c1cccc2ccccc12. The number of aromatic nitrogens is 1. The second-order valence-corrected chi connectivity index (χ2v) is 10.7. The third kappa shape index (κ3) is 5.46. The molecule has 40 heavy (non-hydrogen) atoms. The molecule has 0 spiro atoms. The fourth-order valence-electron chi connectivity index (χ4n) is 5.44. The Bertz CT molecular complexity index is 1620. The lowest BCUT2D eigenvalue weighted by molar-refractivity contribution is 0.00516. The molecule has 4 aromatic carbocycles. The summed E-state index contributed by atoms with van der Waals surface area (Å²) < 4.78 is 20.1. The number of hydrogen-bond donors (Lipinski definition) is 1. The molecule has 0 radical (unpaired) electrons. The van der Waals surface area contributed by atoms with Gasteiger partial charge in [0.05, 0.1) is 17.8 Å². The Kier molecular flexibility index (Phi) is 8.17. The Morgan fingerprint density at radius 3 is 2.38 bits per heavy atom. The minimum Gasteiger partial charge on any atom is -0.481 e. The number of aliphatic hydroxyl groups is 1. The van der Waals surface area contributed by atoms with E-state index in [1.807, 2.05) is 80.8 Å². The zero-order valence-corrected chi connectivity index (χ0v) is 23.6. The second-order valence-electron chi connectivity index (χ2n) is 10.3. The molecule has 5 aromatic rings. The molecule has 6 heteroatoms. The molecule has 0 bridgehead atoms. The van der Waals surface area contributed by atoms with Crippen molar-refractivity contribution in [1.82, 2.24) is 9.88 Å². The normalized spacial score (nSPS) is 13.8. The quantitative estimate of drug-likeness (QED) is 0.203. The largest absolute Gasteiger partial charge is 0.481 e. The molecule has 0 saturated heterocycles. The number of halogens is 2. The van der Waals surface area contributed by atoms with Crippen molar-refractivity contribution in [3.63, 3.8) is 0 Å². The summed E-state index contributed by atoms with van der Waals surface area (Å²) in [4.78, 5) is 6.87. The molecule has 0 amide bonds. The summed E-state index contributed by atoms with van der Waals surface area (Å²) in [5.41, 5.74) is 2.32. The van der Waals surface area contributed by atoms with E-state index in [1.165, 1.54) is 12.1 Å². The van der Waals surface area contributed by atoms with Crippen molar-refractivity contribution < 1.29 is 14.2 Å². The maximum Gasteiger partial charge on any atom is 0.217 e. The molecule has 0 saturated carbocycles. The van der Waals surface area contributed by atoms with Gasteiger partial charge in [-0.15, -0.1) is 0 Å². The Hall–Kier alpha value is -3.77. The summed E-state index contributed by atoms with van der Waals surface area (Å²) in [5, 5.41) is 15.1. The van der Waals surface area contributed by atoms with E-state index in [9.17, 15) is 9.50 Å². The highest BCUT2D eigenvalue weighted by Crippen LogP contribution is 2.48. The molecule has 2 atom stereocenters. The zero-order valence-electron chi connectivity index (χ0n) is 22.8. The Morgan fingerprint density at radius 1 is 0.925 bits per heavy atom. The smallest absolute Gasteiger partial charge is 0.217 e. The van der Waals surface area contributed by atoms with Gasteiger partial charge in [-0.2, -0.15) is 0 Å². The number of methoxy groups -OCH3 is 1. The molecule has 0 aliphatic heterocycles. The van der Waals surface area contributed by atoms with E-state index < -0.39 is 17.3 Å². The van der Waals surface area contributed by atoms with Gasteiger partial charge in [-0.05, 0) is 60.6 Å². The lowest BCUT2D eigenvalue weighted by Gasteiger charge is -2.39. The second kappa shape index (κ2) is 11.8. The molecule has 1 aromatic heterocycles. The summed E-state index contributed by atoms with van der Waals surface area (Å²) in [5.74, 6) is -0.664. The van der Waals surface area contributed by atoms with E-state index in [0.717, 1.165) is 27.5 Å². The van der Waals surface area contributed by atoms with Crippen LogP contribution in [0.2, 0.25) is 5.02 Å². The molecule has 1 N–H and O–H groups in total. The van der Waals surface area contributed by atoms with Crippen LogP contribution in [0.15, 0.2) is 103 Å². The molecular weight excluding hydrogens is 523 g/mol. The zero-order chi connectivity index (χ0) is 28.3. The number of nitrogens with zero attached hydrogens (tertiary/aromatic N) is 2. The van der Waals surface area contributed by atoms with E-state index in [0.29, 0.717) is 30.1 Å². The van der Waals surface area contributed by atoms with Crippen LogP contribution in [0.1, 0.15) is 29.0 Å². The van der Waals surface area contributed by atoms with Crippen LogP contribution in [0.4, 0.5) is 4.39 Å².